The summed E-state index contributed by atoms with van der Waals surface area (Å²) in [6, 6.07) is 13.1. The van der Waals surface area contributed by atoms with E-state index in [-0.39, 0.29) is 5.63 Å². The predicted molar refractivity (Wildman–Crippen MR) is 95.8 cm³/mol. The molecule has 0 bridgehead atoms. The Morgan fingerprint density at radius 2 is 1.83 bits per heavy atom. The van der Waals surface area contributed by atoms with Gasteiger partial charge in [0.15, 0.2) is 0 Å². The second-order valence-corrected chi connectivity index (χ2v) is 5.92. The van der Waals surface area contributed by atoms with E-state index in [1.807, 2.05) is 43.3 Å². The third-order valence-electron chi connectivity index (χ3n) is 4.58. The van der Waals surface area contributed by atoms with Gasteiger partial charge in [-0.25, -0.2) is 4.79 Å². The summed E-state index contributed by atoms with van der Waals surface area (Å²) < 4.78 is 11.0. The van der Waals surface area contributed by atoms with Crippen LogP contribution in [-0.4, -0.2) is 12.1 Å². The Morgan fingerprint density at radius 3 is 2.62 bits per heavy atom. The highest BCUT2D eigenvalue weighted by molar-refractivity contribution is 6.11. The zero-order chi connectivity index (χ0) is 16.8. The minimum absolute atomic E-state index is 0.349. The number of aromatic amines is 1. The van der Waals surface area contributed by atoms with E-state index < -0.39 is 0 Å². The van der Waals surface area contributed by atoms with Gasteiger partial charge in [-0.1, -0.05) is 18.2 Å². The lowest BCUT2D eigenvalue weighted by atomic mass is 9.96. The molecule has 24 heavy (non-hydrogen) atoms. The maximum Gasteiger partial charge on any atom is 0.336 e. The molecule has 0 aliphatic heterocycles. The Bertz CT molecular complexity index is 1130. The van der Waals surface area contributed by atoms with Gasteiger partial charge in [0.05, 0.1) is 12.6 Å². The van der Waals surface area contributed by atoms with Crippen LogP contribution in [0.5, 0.6) is 5.75 Å². The third-order valence-corrected chi connectivity index (χ3v) is 4.58. The van der Waals surface area contributed by atoms with Crippen LogP contribution in [0.2, 0.25) is 0 Å². The van der Waals surface area contributed by atoms with Crippen molar-refractivity contribution in [3.05, 3.63) is 64.1 Å². The van der Waals surface area contributed by atoms with Gasteiger partial charge in [0.1, 0.15) is 11.3 Å². The van der Waals surface area contributed by atoms with Gasteiger partial charge in [-0.2, -0.15) is 0 Å². The van der Waals surface area contributed by atoms with Crippen LogP contribution in [0.1, 0.15) is 11.3 Å². The first kappa shape index (κ1) is 14.6. The average Bonchev–Trinajstić information content (AvgIpc) is 2.87. The van der Waals surface area contributed by atoms with Crippen LogP contribution in [0.25, 0.3) is 33.0 Å². The van der Waals surface area contributed by atoms with Crippen molar-refractivity contribution in [2.75, 3.05) is 7.11 Å². The summed E-state index contributed by atoms with van der Waals surface area (Å²) in [5, 5.41) is 1.93. The monoisotopic (exact) mass is 319 g/mol. The normalized spacial score (nSPS) is 11.3. The quantitative estimate of drug-likeness (QED) is 0.551. The fourth-order valence-electron chi connectivity index (χ4n) is 3.26. The second kappa shape index (κ2) is 5.27. The van der Waals surface area contributed by atoms with E-state index in [1.54, 1.807) is 7.11 Å². The Balaban J connectivity index is 2.26. The van der Waals surface area contributed by atoms with Crippen LogP contribution in [-0.2, 0) is 0 Å². The molecular weight excluding hydrogens is 302 g/mol. The van der Waals surface area contributed by atoms with Crippen molar-refractivity contribution in [1.29, 1.82) is 0 Å². The first-order chi connectivity index (χ1) is 11.6. The number of para-hydroxylation sites is 1. The maximum absolute atomic E-state index is 11.7. The van der Waals surface area contributed by atoms with Crippen molar-refractivity contribution in [3.8, 4) is 16.9 Å². The Labute approximate surface area is 138 Å². The summed E-state index contributed by atoms with van der Waals surface area (Å²) in [5.74, 6) is 0.780. The fourth-order valence-corrected chi connectivity index (χ4v) is 3.26. The Morgan fingerprint density at radius 1 is 1.04 bits per heavy atom. The smallest absolute Gasteiger partial charge is 0.336 e. The highest BCUT2D eigenvalue weighted by Gasteiger charge is 2.18. The third kappa shape index (κ3) is 2.03. The van der Waals surface area contributed by atoms with E-state index >= 15 is 0 Å². The second-order valence-electron chi connectivity index (χ2n) is 5.92. The number of methoxy groups -OCH3 is 1. The minimum atomic E-state index is -0.349. The van der Waals surface area contributed by atoms with E-state index in [0.29, 0.717) is 5.58 Å². The molecule has 4 heteroatoms. The zero-order valence-electron chi connectivity index (χ0n) is 13.8. The number of hydrogen-bond donors (Lipinski definition) is 1. The van der Waals surface area contributed by atoms with Crippen molar-refractivity contribution in [3.63, 3.8) is 0 Å². The van der Waals surface area contributed by atoms with Gasteiger partial charge in [0, 0.05) is 33.7 Å². The number of aryl methyl sites for hydroxylation is 2. The van der Waals surface area contributed by atoms with Gasteiger partial charge >= 0.3 is 5.63 Å². The summed E-state index contributed by atoms with van der Waals surface area (Å²) in [4.78, 5) is 15.2. The number of nitrogens with one attached hydrogen (secondary N) is 1. The molecule has 0 fully saturated rings. The number of ether oxygens (including phenoxy) is 1. The summed E-state index contributed by atoms with van der Waals surface area (Å²) in [7, 11) is 1.66. The number of benzene rings is 2. The fraction of sp³-hybridized carbons (Fsp3) is 0.150. The number of hydrogen-bond acceptors (Lipinski definition) is 3. The molecule has 0 amide bonds. The van der Waals surface area contributed by atoms with E-state index in [0.717, 1.165) is 44.4 Å². The van der Waals surface area contributed by atoms with Crippen molar-refractivity contribution in [1.82, 2.24) is 4.98 Å². The van der Waals surface area contributed by atoms with Crippen LogP contribution in [0, 0.1) is 13.8 Å². The molecule has 2 heterocycles. The molecule has 120 valence electrons. The molecule has 0 unspecified atom stereocenters. The molecule has 0 aliphatic carbocycles. The van der Waals surface area contributed by atoms with Crippen molar-refractivity contribution >= 4 is 21.9 Å². The van der Waals surface area contributed by atoms with E-state index in [2.05, 4.69) is 11.9 Å². The lowest BCUT2D eigenvalue weighted by Crippen LogP contribution is -1.96. The van der Waals surface area contributed by atoms with Crippen LogP contribution < -0.4 is 10.4 Å². The number of aromatic nitrogens is 1. The van der Waals surface area contributed by atoms with Gasteiger partial charge in [0.25, 0.3) is 0 Å². The Hall–Kier alpha value is -3.01. The van der Waals surface area contributed by atoms with Gasteiger partial charge in [0.2, 0.25) is 0 Å². The molecule has 0 saturated heterocycles. The molecule has 0 spiro atoms. The van der Waals surface area contributed by atoms with Gasteiger partial charge in [-0.05, 0) is 37.6 Å². The lowest BCUT2D eigenvalue weighted by molar-refractivity contribution is 0.416. The minimum Gasteiger partial charge on any atom is -0.496 e. The molecule has 1 N–H and O–H groups in total. The van der Waals surface area contributed by atoms with Crippen LogP contribution in [0.3, 0.4) is 0 Å². The summed E-state index contributed by atoms with van der Waals surface area (Å²) in [6.45, 7) is 4.11. The van der Waals surface area contributed by atoms with Gasteiger partial charge in [-0.3, -0.25) is 0 Å². The van der Waals surface area contributed by atoms with E-state index in [4.69, 9.17) is 9.15 Å². The average molecular weight is 319 g/mol. The molecule has 0 aliphatic rings. The Kier molecular flexibility index (Phi) is 3.20. The molecule has 0 radical (unpaired) electrons. The van der Waals surface area contributed by atoms with Crippen LogP contribution in [0.15, 0.2) is 51.7 Å². The largest absolute Gasteiger partial charge is 0.496 e. The molecule has 2 aromatic carbocycles. The molecule has 2 aromatic heterocycles. The van der Waals surface area contributed by atoms with Gasteiger partial charge < -0.3 is 14.1 Å². The molecule has 4 nitrogen and oxygen atoms in total. The molecular formula is C20H17NO3. The van der Waals surface area contributed by atoms with E-state index in [9.17, 15) is 4.79 Å². The highest BCUT2D eigenvalue weighted by atomic mass is 16.5. The molecule has 0 atom stereocenters. The van der Waals surface area contributed by atoms with Crippen LogP contribution in [0.4, 0.5) is 0 Å². The SMILES string of the molecule is COc1ccccc1-c1c2ccc(=O)oc2cc2c(C)c(C)[nH]c12. The van der Waals surface area contributed by atoms with Crippen LogP contribution >= 0.6 is 0 Å². The topological polar surface area (TPSA) is 55.2 Å². The van der Waals surface area contributed by atoms with E-state index in [1.165, 1.54) is 6.07 Å². The summed E-state index contributed by atoms with van der Waals surface area (Å²) >= 11 is 0. The number of rotatable bonds is 2. The molecule has 0 saturated carbocycles. The highest BCUT2D eigenvalue weighted by Crippen LogP contribution is 2.41. The predicted octanol–water partition coefficient (Wildman–Crippen LogP) is 4.57. The summed E-state index contributed by atoms with van der Waals surface area (Å²) in [5.41, 5.74) is 5.45. The zero-order valence-corrected chi connectivity index (χ0v) is 13.8. The maximum atomic E-state index is 11.7. The number of H-pyrrole nitrogens is 1. The van der Waals surface area contributed by atoms with Crippen molar-refractivity contribution in [2.45, 2.75) is 13.8 Å². The lowest BCUT2D eigenvalue weighted by Gasteiger charge is -2.12. The molecule has 4 rings (SSSR count). The van der Waals surface area contributed by atoms with Crippen molar-refractivity contribution < 1.29 is 9.15 Å². The summed E-state index contributed by atoms with van der Waals surface area (Å²) in [6.07, 6.45) is 0. The first-order valence-corrected chi connectivity index (χ1v) is 7.79. The van der Waals surface area contributed by atoms with Gasteiger partial charge in [-0.15, -0.1) is 0 Å². The standard InChI is InChI=1S/C20H17NO3/c1-11-12(2)21-20-15(11)10-17-14(8-9-18(22)24-17)19(20)13-6-4-5-7-16(13)23-3/h4-10,21H,1-3H3. The molecule has 4 aromatic rings. The number of fused-ring (bicyclic) bond motifs is 2. The van der Waals surface area contributed by atoms with Crippen molar-refractivity contribution in [2.24, 2.45) is 0 Å². The first-order valence-electron chi connectivity index (χ1n) is 7.79.